The molecule has 1 unspecified atom stereocenters. The Kier molecular flexibility index (Phi) is 11.9. The summed E-state index contributed by atoms with van der Waals surface area (Å²) in [6, 6.07) is 10.5. The Bertz CT molecular complexity index is 2160. The maximum Gasteiger partial charge on any atom is 0.261 e. The second-order valence-corrected chi connectivity index (χ2v) is 14.9. The molecule has 298 valence electrons. The molecule has 3 fully saturated rings. The number of imide groups is 1. The Hall–Kier alpha value is -6.16. The Morgan fingerprint density at radius 1 is 1.04 bits per heavy atom. The van der Waals surface area contributed by atoms with Crippen molar-refractivity contribution in [2.45, 2.75) is 63.6 Å². The highest BCUT2D eigenvalue weighted by Gasteiger charge is 2.36. The summed E-state index contributed by atoms with van der Waals surface area (Å²) >= 11 is 0. The fourth-order valence-electron chi connectivity index (χ4n) is 7.49. The molecule has 16 nitrogen and oxygen atoms in total. The lowest BCUT2D eigenvalue weighted by atomic mass is 9.98. The van der Waals surface area contributed by atoms with Crippen LogP contribution in [0.25, 0.3) is 16.5 Å². The zero-order valence-electron chi connectivity index (χ0n) is 32.2. The lowest BCUT2D eigenvalue weighted by Gasteiger charge is -2.48. The molecule has 4 amide bonds. The van der Waals surface area contributed by atoms with E-state index in [0.29, 0.717) is 53.8 Å². The summed E-state index contributed by atoms with van der Waals surface area (Å²) in [5.41, 5.74) is 9.19. The van der Waals surface area contributed by atoms with Crippen molar-refractivity contribution >= 4 is 58.3 Å². The van der Waals surface area contributed by atoms with Crippen LogP contribution >= 0.6 is 0 Å². The van der Waals surface area contributed by atoms with Gasteiger partial charge in [0.15, 0.2) is 5.82 Å². The summed E-state index contributed by atoms with van der Waals surface area (Å²) < 4.78 is 8.24. The number of rotatable bonds is 16. The summed E-state index contributed by atoms with van der Waals surface area (Å²) in [7, 11) is 1.43. The third-order valence-electron chi connectivity index (χ3n) is 11.1. The number of benzene rings is 2. The standard InChI is InChI=1S/C41H48N10O6/c1-26-6-9-30(18-32(26)41(56)50(25-53)36(5-3-16-52)40(55)43-2)49-22-31(23-49)48-14-10-29(11-15-48)51-21-28-17-35(37(19-34(28)47-51)57-24-27-7-8-27)46-39(54)33(20-42)38-44-12-4-13-45-38/h4,6,9,12-13,16-21,25,27,29,31,36H,3,5,7-8,10-11,14-15,22-24,42H2,1-2H3,(H,43,55)(H,46,54)/b33-20+. The van der Waals surface area contributed by atoms with E-state index in [2.05, 4.69) is 30.4 Å². The number of anilines is 2. The first-order valence-electron chi connectivity index (χ1n) is 19.4. The minimum absolute atomic E-state index is 0.0413. The molecule has 16 heteroatoms. The molecule has 2 saturated heterocycles. The van der Waals surface area contributed by atoms with Gasteiger partial charge in [0.1, 0.15) is 18.1 Å². The van der Waals surface area contributed by atoms with Gasteiger partial charge in [-0.05, 0) is 74.8 Å². The van der Waals surface area contributed by atoms with Crippen LogP contribution in [0.1, 0.15) is 66.3 Å². The maximum absolute atomic E-state index is 13.6. The zero-order chi connectivity index (χ0) is 40.1. The third kappa shape index (κ3) is 8.65. The van der Waals surface area contributed by atoms with Crippen molar-refractivity contribution in [2.24, 2.45) is 11.7 Å². The first kappa shape index (κ1) is 39.1. The van der Waals surface area contributed by atoms with Crippen LogP contribution in [-0.4, -0.2) is 112 Å². The predicted octanol–water partition coefficient (Wildman–Crippen LogP) is 3.08. The second-order valence-electron chi connectivity index (χ2n) is 14.9. The number of fused-ring (bicyclic) bond motifs is 1. The SMILES string of the molecule is CNC(=O)C(CCC=O)N(C=O)C(=O)c1cc(N2CC(N3CCC(n4cc5cc(NC(=O)/C(=C/N)c6ncccn6)c(OCC6CC6)cc5n4)CC3)C2)ccc1C. The molecule has 4 heterocycles. The van der Waals surface area contributed by atoms with Crippen LogP contribution in [0.15, 0.2) is 61.2 Å². The summed E-state index contributed by atoms with van der Waals surface area (Å²) in [6.45, 7) is 5.75. The van der Waals surface area contributed by atoms with Gasteiger partial charge in [-0.1, -0.05) is 6.07 Å². The van der Waals surface area contributed by atoms with Crippen molar-refractivity contribution in [3.63, 3.8) is 0 Å². The molecule has 57 heavy (non-hydrogen) atoms. The monoisotopic (exact) mass is 776 g/mol. The third-order valence-corrected chi connectivity index (χ3v) is 11.1. The summed E-state index contributed by atoms with van der Waals surface area (Å²) in [5.74, 6) is -0.222. The van der Waals surface area contributed by atoms with Crippen molar-refractivity contribution < 1.29 is 28.7 Å². The van der Waals surface area contributed by atoms with E-state index in [4.69, 9.17) is 15.6 Å². The number of nitrogens with zero attached hydrogens (tertiary/aromatic N) is 7. The summed E-state index contributed by atoms with van der Waals surface area (Å²) in [6.07, 6.45) is 11.6. The van der Waals surface area contributed by atoms with Gasteiger partial charge in [0.05, 0.1) is 29.4 Å². The number of aldehydes is 1. The first-order chi connectivity index (χ1) is 27.7. The van der Waals surface area contributed by atoms with Crippen LogP contribution in [0.4, 0.5) is 11.4 Å². The van der Waals surface area contributed by atoms with Crippen molar-refractivity contribution in [1.29, 1.82) is 0 Å². The molecule has 1 saturated carbocycles. The maximum atomic E-state index is 13.6. The van der Waals surface area contributed by atoms with Gasteiger partial charge in [-0.3, -0.25) is 33.7 Å². The Labute approximate surface area is 330 Å². The summed E-state index contributed by atoms with van der Waals surface area (Å²) in [5, 5.41) is 11.3. The molecular formula is C41H48N10O6. The van der Waals surface area contributed by atoms with Gasteiger partial charge in [-0.2, -0.15) is 5.10 Å². The van der Waals surface area contributed by atoms with Gasteiger partial charge >= 0.3 is 0 Å². The molecule has 1 aliphatic carbocycles. The van der Waals surface area contributed by atoms with Gasteiger partial charge in [-0.15, -0.1) is 0 Å². The number of ether oxygens (including phenoxy) is 1. The molecule has 2 aromatic heterocycles. The van der Waals surface area contributed by atoms with Crippen LogP contribution < -0.4 is 26.0 Å². The number of likely N-dealkylation sites (N-methyl/N-ethyl adjacent to an activating group) is 1. The Balaban J connectivity index is 0.982. The average Bonchev–Trinajstić information content (AvgIpc) is 3.96. The van der Waals surface area contributed by atoms with Crippen LogP contribution in [0.2, 0.25) is 0 Å². The van der Waals surface area contributed by atoms with E-state index < -0.39 is 23.8 Å². The van der Waals surface area contributed by atoms with E-state index in [1.807, 2.05) is 35.1 Å². The highest BCUT2D eigenvalue weighted by Crippen LogP contribution is 2.36. The normalized spacial score (nSPS) is 17.1. The topological polar surface area (TPSA) is 198 Å². The van der Waals surface area contributed by atoms with Crippen LogP contribution in [0.3, 0.4) is 0 Å². The lowest BCUT2D eigenvalue weighted by Crippen LogP contribution is -2.61. The van der Waals surface area contributed by atoms with E-state index in [-0.39, 0.29) is 30.3 Å². The van der Waals surface area contributed by atoms with Gasteiger partial charge in [0.2, 0.25) is 12.3 Å². The molecule has 3 aliphatic rings. The van der Waals surface area contributed by atoms with E-state index >= 15 is 0 Å². The average molecular weight is 777 g/mol. The first-order valence-corrected chi connectivity index (χ1v) is 19.4. The van der Waals surface area contributed by atoms with Crippen molar-refractivity contribution in [3.05, 3.63) is 78.1 Å². The van der Waals surface area contributed by atoms with E-state index in [0.717, 1.165) is 73.4 Å². The fourth-order valence-corrected chi connectivity index (χ4v) is 7.49. The van der Waals surface area contributed by atoms with Crippen LogP contribution in [-0.2, 0) is 19.2 Å². The van der Waals surface area contributed by atoms with Crippen LogP contribution in [0, 0.1) is 12.8 Å². The molecule has 1 atom stereocenters. The van der Waals surface area contributed by atoms with Crippen molar-refractivity contribution in [3.8, 4) is 5.75 Å². The number of nitrogens with two attached hydrogens (primary N) is 1. The van der Waals surface area contributed by atoms with E-state index in [1.54, 1.807) is 31.5 Å². The lowest BCUT2D eigenvalue weighted by molar-refractivity contribution is -0.131. The Morgan fingerprint density at radius 2 is 1.79 bits per heavy atom. The highest BCUT2D eigenvalue weighted by molar-refractivity contribution is 6.24. The smallest absolute Gasteiger partial charge is 0.261 e. The number of likely N-dealkylation sites (tertiary alicyclic amines) is 1. The number of nitrogens with one attached hydrogen (secondary N) is 2. The minimum atomic E-state index is -1.08. The number of hydrogen-bond donors (Lipinski definition) is 3. The van der Waals surface area contributed by atoms with E-state index in [1.165, 1.54) is 13.2 Å². The molecule has 2 aromatic carbocycles. The fraction of sp³-hybridized carbons (Fsp3) is 0.415. The number of amides is 4. The molecule has 2 aliphatic heterocycles. The number of piperidine rings is 1. The number of aromatic nitrogens is 4. The minimum Gasteiger partial charge on any atom is -0.491 e. The van der Waals surface area contributed by atoms with Crippen LogP contribution in [0.5, 0.6) is 5.75 Å². The van der Waals surface area contributed by atoms with Crippen molar-refractivity contribution in [1.82, 2.24) is 34.9 Å². The zero-order valence-corrected chi connectivity index (χ0v) is 32.2. The molecule has 4 aromatic rings. The highest BCUT2D eigenvalue weighted by atomic mass is 16.5. The van der Waals surface area contributed by atoms with Gasteiger partial charge in [-0.25, -0.2) is 9.97 Å². The van der Waals surface area contributed by atoms with Gasteiger partial charge in [0, 0.05) is 93.2 Å². The van der Waals surface area contributed by atoms with E-state index in [9.17, 15) is 24.0 Å². The van der Waals surface area contributed by atoms with Gasteiger partial charge in [0.25, 0.3) is 11.8 Å². The van der Waals surface area contributed by atoms with Gasteiger partial charge < -0.3 is 30.8 Å². The molecular weight excluding hydrogens is 729 g/mol. The summed E-state index contributed by atoms with van der Waals surface area (Å²) in [4.78, 5) is 76.5. The van der Waals surface area contributed by atoms with Crippen molar-refractivity contribution in [2.75, 3.05) is 50.1 Å². The largest absolute Gasteiger partial charge is 0.491 e. The molecule has 7 rings (SSSR count). The predicted molar refractivity (Wildman–Crippen MR) is 213 cm³/mol. The molecule has 0 spiro atoms. The molecule has 0 radical (unpaired) electrons. The number of carbonyl (C=O) groups is 5. The quantitative estimate of drug-likeness (QED) is 0.111. The number of carbonyl (C=O) groups excluding carboxylic acids is 5. The second kappa shape index (κ2) is 17.3. The molecule has 0 bridgehead atoms. The number of hydrogen-bond acceptors (Lipinski definition) is 12. The molecule has 4 N–H and O–H groups in total. The number of aryl methyl sites for hydroxylation is 1. The Morgan fingerprint density at radius 3 is 2.46 bits per heavy atom.